The van der Waals surface area contributed by atoms with E-state index in [0.717, 1.165) is 5.56 Å². The van der Waals surface area contributed by atoms with Crippen molar-refractivity contribution in [1.82, 2.24) is 10.6 Å². The van der Waals surface area contributed by atoms with Crippen LogP contribution >= 0.6 is 0 Å². The van der Waals surface area contributed by atoms with Gasteiger partial charge in [0.25, 0.3) is 0 Å². The lowest BCUT2D eigenvalue weighted by atomic mass is 9.94. The second-order valence-electron chi connectivity index (χ2n) is 9.20. The summed E-state index contributed by atoms with van der Waals surface area (Å²) in [6.07, 6.45) is 6.23. The zero-order chi connectivity index (χ0) is 23.6. The Bertz CT molecular complexity index is 791. The number of hydrogen-bond donors (Lipinski definition) is 3. The first-order chi connectivity index (χ1) is 15.2. The summed E-state index contributed by atoms with van der Waals surface area (Å²) in [6.45, 7) is 5.18. The quantitative estimate of drug-likeness (QED) is 0.462. The zero-order valence-corrected chi connectivity index (χ0v) is 19.3. The third kappa shape index (κ3) is 8.83. The average Bonchev–Trinajstić information content (AvgIpc) is 2.75. The molecule has 3 atom stereocenters. The number of carbonyl (C=O) groups excluding carboxylic acids is 3. The Labute approximate surface area is 190 Å². The number of benzene rings is 1. The van der Waals surface area contributed by atoms with Gasteiger partial charge in [-0.2, -0.15) is 0 Å². The molecule has 0 radical (unpaired) electrons. The molecule has 1 aliphatic rings. The first kappa shape index (κ1) is 25.6. The van der Waals surface area contributed by atoms with Gasteiger partial charge in [0.15, 0.2) is 0 Å². The molecule has 0 bridgehead atoms. The number of amides is 2. The normalized spacial score (nSPS) is 23.0. The molecule has 0 aromatic heterocycles. The minimum Gasteiger partial charge on any atom is -0.463 e. The van der Waals surface area contributed by atoms with Gasteiger partial charge >= 0.3 is 5.97 Å². The summed E-state index contributed by atoms with van der Waals surface area (Å²) >= 11 is 0. The van der Waals surface area contributed by atoms with E-state index >= 15 is 0 Å². The maximum atomic E-state index is 12.9. The van der Waals surface area contributed by atoms with Crippen molar-refractivity contribution in [3.63, 3.8) is 0 Å². The molecule has 0 aliphatic carbocycles. The third-order valence-electron chi connectivity index (χ3n) is 5.45. The minimum atomic E-state index is -0.769. The zero-order valence-electron chi connectivity index (χ0n) is 19.3. The summed E-state index contributed by atoms with van der Waals surface area (Å²) in [7, 11) is 0. The van der Waals surface area contributed by atoms with E-state index in [0.29, 0.717) is 25.7 Å². The van der Waals surface area contributed by atoms with Crippen LogP contribution in [0.1, 0.15) is 52.0 Å². The highest BCUT2D eigenvalue weighted by molar-refractivity contribution is 5.86. The van der Waals surface area contributed by atoms with E-state index < -0.39 is 11.5 Å². The molecule has 2 rings (SSSR count). The molecule has 1 heterocycles. The van der Waals surface area contributed by atoms with Crippen LogP contribution in [0.15, 0.2) is 42.5 Å². The molecule has 7 heteroatoms. The number of cyclic esters (lactones) is 1. The van der Waals surface area contributed by atoms with Crippen molar-refractivity contribution in [2.24, 2.45) is 11.8 Å². The SMILES string of the molecule is C[C@H](CO)NC(=O)C[C@H]1CC=CCC[C@H](Cc2ccccc2)C(=O)OCC(C)(C)NC1=O. The maximum absolute atomic E-state index is 12.9. The number of carbonyl (C=O) groups is 3. The number of aliphatic hydroxyl groups is 1. The van der Waals surface area contributed by atoms with Crippen molar-refractivity contribution in [2.45, 2.75) is 64.5 Å². The highest BCUT2D eigenvalue weighted by Gasteiger charge is 2.30. The molecule has 1 aromatic rings. The number of esters is 1. The Morgan fingerprint density at radius 1 is 1.22 bits per heavy atom. The van der Waals surface area contributed by atoms with Crippen molar-refractivity contribution >= 4 is 17.8 Å². The van der Waals surface area contributed by atoms with Crippen molar-refractivity contribution in [3.05, 3.63) is 48.0 Å². The molecular formula is C25H36N2O5. The first-order valence-corrected chi connectivity index (χ1v) is 11.3. The smallest absolute Gasteiger partial charge is 0.309 e. The van der Waals surface area contributed by atoms with Crippen LogP contribution in [0, 0.1) is 11.8 Å². The predicted molar refractivity (Wildman–Crippen MR) is 123 cm³/mol. The second kappa shape index (κ2) is 12.4. The van der Waals surface area contributed by atoms with E-state index in [4.69, 9.17) is 9.84 Å². The topological polar surface area (TPSA) is 105 Å². The van der Waals surface area contributed by atoms with Gasteiger partial charge in [0.2, 0.25) is 11.8 Å². The van der Waals surface area contributed by atoms with Gasteiger partial charge in [0, 0.05) is 12.5 Å². The molecule has 3 N–H and O–H groups in total. The number of hydrogen-bond acceptors (Lipinski definition) is 5. The van der Waals surface area contributed by atoms with Gasteiger partial charge in [-0.1, -0.05) is 42.5 Å². The molecule has 0 unspecified atom stereocenters. The Kier molecular flexibility index (Phi) is 9.91. The molecule has 0 saturated carbocycles. The summed E-state index contributed by atoms with van der Waals surface area (Å²) in [5, 5.41) is 14.7. The number of aliphatic hydroxyl groups excluding tert-OH is 1. The highest BCUT2D eigenvalue weighted by Crippen LogP contribution is 2.20. The molecule has 2 amide bonds. The fourth-order valence-corrected chi connectivity index (χ4v) is 3.60. The lowest BCUT2D eigenvalue weighted by Crippen LogP contribution is -2.50. The molecule has 32 heavy (non-hydrogen) atoms. The molecule has 0 saturated heterocycles. The number of allylic oxidation sites excluding steroid dienone is 2. The van der Waals surface area contributed by atoms with Gasteiger partial charge in [-0.25, -0.2) is 0 Å². The molecule has 7 nitrogen and oxygen atoms in total. The van der Waals surface area contributed by atoms with Crippen molar-refractivity contribution in [3.8, 4) is 0 Å². The molecular weight excluding hydrogens is 408 g/mol. The van der Waals surface area contributed by atoms with E-state index in [-0.39, 0.29) is 49.4 Å². The molecule has 1 aromatic carbocycles. The molecule has 176 valence electrons. The summed E-state index contributed by atoms with van der Waals surface area (Å²) < 4.78 is 5.60. The van der Waals surface area contributed by atoms with E-state index in [1.807, 2.05) is 42.5 Å². The van der Waals surface area contributed by atoms with Crippen LogP contribution in [0.2, 0.25) is 0 Å². The largest absolute Gasteiger partial charge is 0.463 e. The van der Waals surface area contributed by atoms with Crippen LogP contribution in [0.4, 0.5) is 0 Å². The molecule has 1 aliphatic heterocycles. The van der Waals surface area contributed by atoms with Crippen LogP contribution in [-0.2, 0) is 25.5 Å². The van der Waals surface area contributed by atoms with Crippen LogP contribution in [0.3, 0.4) is 0 Å². The standard InChI is InChI=1S/C25H36N2O5/c1-18(16-28)26-22(29)15-20-12-8-5-9-13-21(14-19-10-6-4-7-11-19)24(31)32-17-25(2,3)27-23(20)30/h4-8,10-11,18,20-21,28H,9,12-17H2,1-3H3,(H,26,29)(H,27,30)/t18-,20-,21-/m1/s1. The highest BCUT2D eigenvalue weighted by atomic mass is 16.5. The number of nitrogens with one attached hydrogen (secondary N) is 2. The molecule has 0 spiro atoms. The number of rotatable bonds is 6. The second-order valence-corrected chi connectivity index (χ2v) is 9.20. The Balaban J connectivity index is 2.11. The fourth-order valence-electron chi connectivity index (χ4n) is 3.60. The summed E-state index contributed by atoms with van der Waals surface area (Å²) in [4.78, 5) is 38.0. The maximum Gasteiger partial charge on any atom is 0.309 e. The first-order valence-electron chi connectivity index (χ1n) is 11.3. The Morgan fingerprint density at radius 2 is 1.94 bits per heavy atom. The predicted octanol–water partition coefficient (Wildman–Crippen LogP) is 2.53. The van der Waals surface area contributed by atoms with Gasteiger partial charge in [0.05, 0.1) is 24.0 Å². The van der Waals surface area contributed by atoms with E-state index in [1.165, 1.54) is 0 Å². The Morgan fingerprint density at radius 3 is 2.62 bits per heavy atom. The van der Waals surface area contributed by atoms with Crippen LogP contribution in [0.25, 0.3) is 0 Å². The van der Waals surface area contributed by atoms with Gasteiger partial charge in [-0.15, -0.1) is 0 Å². The lowest BCUT2D eigenvalue weighted by Gasteiger charge is -2.29. The van der Waals surface area contributed by atoms with Crippen LogP contribution < -0.4 is 10.6 Å². The Hall–Kier alpha value is -2.67. The third-order valence-corrected chi connectivity index (χ3v) is 5.45. The summed E-state index contributed by atoms with van der Waals surface area (Å²) in [5.41, 5.74) is 0.313. The van der Waals surface area contributed by atoms with Crippen molar-refractivity contribution in [1.29, 1.82) is 0 Å². The fraction of sp³-hybridized carbons (Fsp3) is 0.560. The summed E-state index contributed by atoms with van der Waals surface area (Å²) in [6, 6.07) is 9.49. The van der Waals surface area contributed by atoms with E-state index in [2.05, 4.69) is 10.6 Å². The minimum absolute atomic E-state index is 0.0208. The average molecular weight is 445 g/mol. The van der Waals surface area contributed by atoms with E-state index in [9.17, 15) is 14.4 Å². The van der Waals surface area contributed by atoms with E-state index in [1.54, 1.807) is 20.8 Å². The van der Waals surface area contributed by atoms with Gasteiger partial charge in [0.1, 0.15) is 6.61 Å². The van der Waals surface area contributed by atoms with Gasteiger partial charge < -0.3 is 20.5 Å². The van der Waals surface area contributed by atoms with Crippen LogP contribution in [-0.4, -0.2) is 47.7 Å². The lowest BCUT2D eigenvalue weighted by molar-refractivity contribution is -0.151. The number of ether oxygens (including phenoxy) is 1. The van der Waals surface area contributed by atoms with Crippen molar-refractivity contribution in [2.75, 3.05) is 13.2 Å². The molecule has 0 fully saturated rings. The van der Waals surface area contributed by atoms with Gasteiger partial charge in [-0.05, 0) is 52.0 Å². The van der Waals surface area contributed by atoms with Gasteiger partial charge in [-0.3, -0.25) is 14.4 Å². The van der Waals surface area contributed by atoms with Crippen LogP contribution in [0.5, 0.6) is 0 Å². The monoisotopic (exact) mass is 444 g/mol. The van der Waals surface area contributed by atoms with Crippen molar-refractivity contribution < 1.29 is 24.2 Å². The summed E-state index contributed by atoms with van der Waals surface area (Å²) in [5.74, 6) is -1.62.